The number of aromatic nitrogens is 2. The summed E-state index contributed by atoms with van der Waals surface area (Å²) >= 11 is 3.49. The van der Waals surface area contributed by atoms with Gasteiger partial charge in [-0.1, -0.05) is 12.1 Å². The number of ether oxygens (including phenoxy) is 2. The Hall–Kier alpha value is -2.54. The molecule has 1 aromatic heterocycles. The molecule has 0 unspecified atom stereocenters. The Labute approximate surface area is 148 Å². The number of hydrogen-bond acceptors (Lipinski definition) is 5. The van der Waals surface area contributed by atoms with Crippen LogP contribution in [0.3, 0.4) is 0 Å². The van der Waals surface area contributed by atoms with Crippen LogP contribution in [0.1, 0.15) is 12.5 Å². The van der Waals surface area contributed by atoms with Crippen LogP contribution in [0.15, 0.2) is 46.0 Å². The Kier molecular flexibility index (Phi) is 5.00. The van der Waals surface area contributed by atoms with Crippen LogP contribution in [0.5, 0.6) is 11.5 Å². The van der Waals surface area contributed by atoms with Crippen molar-refractivity contribution in [1.29, 1.82) is 0 Å². The van der Waals surface area contributed by atoms with Crippen molar-refractivity contribution >= 4 is 39.1 Å². The van der Waals surface area contributed by atoms with Crippen molar-refractivity contribution in [1.82, 2.24) is 9.97 Å². The van der Waals surface area contributed by atoms with Gasteiger partial charge in [-0.05, 0) is 52.7 Å². The summed E-state index contributed by atoms with van der Waals surface area (Å²) in [6, 6.07) is 11.6. The standard InChI is InChI=1S/C17H17BrN4O2/c1-3-24-16-12(18)8-11(9-15(16)23-2)10-19-22-17-20-13-6-4-5-7-14(13)21-17/h4-10H,3H2,1-2H3,(H2,20,21,22)/b19-10-. The molecule has 3 rings (SSSR count). The first kappa shape index (κ1) is 16.3. The molecule has 0 saturated heterocycles. The van der Waals surface area contributed by atoms with E-state index in [0.29, 0.717) is 24.1 Å². The number of hydrogen-bond donors (Lipinski definition) is 2. The molecule has 0 saturated carbocycles. The predicted octanol–water partition coefficient (Wildman–Crippen LogP) is 4.18. The molecule has 0 spiro atoms. The zero-order valence-corrected chi connectivity index (χ0v) is 14.9. The molecule has 3 aromatic rings. The third kappa shape index (κ3) is 3.51. The van der Waals surface area contributed by atoms with Crippen molar-refractivity contribution in [3.05, 3.63) is 46.4 Å². The van der Waals surface area contributed by atoms with Gasteiger partial charge in [-0.2, -0.15) is 5.10 Å². The molecule has 1 heterocycles. The van der Waals surface area contributed by atoms with E-state index in [0.717, 1.165) is 21.1 Å². The number of rotatable bonds is 6. The Bertz CT molecular complexity index is 843. The number of methoxy groups -OCH3 is 1. The number of H-pyrrole nitrogens is 1. The smallest absolute Gasteiger partial charge is 0.222 e. The molecule has 2 N–H and O–H groups in total. The largest absolute Gasteiger partial charge is 0.493 e. The number of nitrogens with one attached hydrogen (secondary N) is 2. The van der Waals surface area contributed by atoms with E-state index < -0.39 is 0 Å². The second-order valence-electron chi connectivity index (χ2n) is 4.94. The van der Waals surface area contributed by atoms with E-state index >= 15 is 0 Å². The molecule has 0 aliphatic heterocycles. The van der Waals surface area contributed by atoms with Crippen LogP contribution in [0.4, 0.5) is 5.95 Å². The van der Waals surface area contributed by atoms with E-state index in [1.807, 2.05) is 43.3 Å². The Balaban J connectivity index is 1.77. The Morgan fingerprint density at radius 3 is 2.92 bits per heavy atom. The number of aromatic amines is 1. The first-order valence-electron chi connectivity index (χ1n) is 7.45. The van der Waals surface area contributed by atoms with E-state index in [1.165, 1.54) is 0 Å². The minimum atomic E-state index is 0.565. The van der Waals surface area contributed by atoms with Crippen LogP contribution in [-0.4, -0.2) is 29.9 Å². The molecule has 2 aromatic carbocycles. The van der Waals surface area contributed by atoms with Crippen molar-refractivity contribution in [3.8, 4) is 11.5 Å². The minimum absolute atomic E-state index is 0.565. The molecule has 7 heteroatoms. The van der Waals surface area contributed by atoms with Gasteiger partial charge in [0.1, 0.15) is 0 Å². The highest BCUT2D eigenvalue weighted by Crippen LogP contribution is 2.36. The average Bonchev–Trinajstić information content (AvgIpc) is 2.99. The second kappa shape index (κ2) is 7.35. The SMILES string of the molecule is CCOc1c(Br)cc(/C=N\Nc2nc3ccccc3[nH]2)cc1OC. The van der Waals surface area contributed by atoms with E-state index in [1.54, 1.807) is 13.3 Å². The first-order valence-corrected chi connectivity index (χ1v) is 8.24. The summed E-state index contributed by atoms with van der Waals surface area (Å²) in [5.74, 6) is 1.92. The van der Waals surface area contributed by atoms with Crippen molar-refractivity contribution < 1.29 is 9.47 Å². The molecule has 0 amide bonds. The van der Waals surface area contributed by atoms with Gasteiger partial charge < -0.3 is 14.5 Å². The van der Waals surface area contributed by atoms with Crippen LogP contribution in [0.25, 0.3) is 11.0 Å². The molecule has 0 bridgehead atoms. The molecule has 0 aliphatic carbocycles. The van der Waals surface area contributed by atoms with Gasteiger partial charge in [-0.3, -0.25) is 0 Å². The van der Waals surface area contributed by atoms with Crippen LogP contribution in [-0.2, 0) is 0 Å². The van der Waals surface area contributed by atoms with Crippen LogP contribution in [0, 0.1) is 0 Å². The third-order valence-electron chi connectivity index (χ3n) is 3.31. The summed E-state index contributed by atoms with van der Waals surface area (Å²) in [6.07, 6.45) is 1.69. The fourth-order valence-electron chi connectivity index (χ4n) is 2.27. The number of hydrazone groups is 1. The van der Waals surface area contributed by atoms with Gasteiger partial charge in [-0.25, -0.2) is 10.4 Å². The summed E-state index contributed by atoms with van der Waals surface area (Å²) in [4.78, 5) is 7.55. The third-order valence-corrected chi connectivity index (χ3v) is 3.90. The number of imidazole rings is 1. The number of anilines is 1. The molecule has 0 atom stereocenters. The normalized spacial score (nSPS) is 11.1. The number of fused-ring (bicyclic) bond motifs is 1. The van der Waals surface area contributed by atoms with E-state index in [9.17, 15) is 0 Å². The topological polar surface area (TPSA) is 71.5 Å². The monoisotopic (exact) mass is 388 g/mol. The van der Waals surface area contributed by atoms with Gasteiger partial charge in [-0.15, -0.1) is 0 Å². The number of benzene rings is 2. The number of para-hydroxylation sites is 2. The van der Waals surface area contributed by atoms with Gasteiger partial charge in [0.15, 0.2) is 11.5 Å². The Morgan fingerprint density at radius 2 is 2.17 bits per heavy atom. The zero-order chi connectivity index (χ0) is 16.9. The fourth-order valence-corrected chi connectivity index (χ4v) is 2.85. The van der Waals surface area contributed by atoms with Crippen LogP contribution >= 0.6 is 15.9 Å². The molecule has 0 aliphatic rings. The molecular weight excluding hydrogens is 372 g/mol. The van der Waals surface area contributed by atoms with Crippen molar-refractivity contribution in [2.75, 3.05) is 19.1 Å². The summed E-state index contributed by atoms with van der Waals surface area (Å²) in [5, 5.41) is 4.21. The van der Waals surface area contributed by atoms with Crippen LogP contribution in [0.2, 0.25) is 0 Å². The van der Waals surface area contributed by atoms with Gasteiger partial charge in [0.2, 0.25) is 5.95 Å². The maximum absolute atomic E-state index is 5.57. The zero-order valence-electron chi connectivity index (χ0n) is 13.3. The first-order chi connectivity index (χ1) is 11.7. The number of halogens is 1. The highest BCUT2D eigenvalue weighted by Gasteiger charge is 2.10. The number of nitrogens with zero attached hydrogens (tertiary/aromatic N) is 2. The second-order valence-corrected chi connectivity index (χ2v) is 5.79. The lowest BCUT2D eigenvalue weighted by molar-refractivity contribution is 0.309. The van der Waals surface area contributed by atoms with Crippen molar-refractivity contribution in [2.24, 2.45) is 5.10 Å². The van der Waals surface area contributed by atoms with E-state index in [2.05, 4.69) is 36.4 Å². The molecule has 0 radical (unpaired) electrons. The maximum atomic E-state index is 5.57. The molecular formula is C17H17BrN4O2. The highest BCUT2D eigenvalue weighted by molar-refractivity contribution is 9.10. The van der Waals surface area contributed by atoms with Gasteiger partial charge in [0, 0.05) is 0 Å². The molecule has 6 nitrogen and oxygen atoms in total. The van der Waals surface area contributed by atoms with E-state index in [4.69, 9.17) is 9.47 Å². The summed E-state index contributed by atoms with van der Waals surface area (Å²) in [5.41, 5.74) is 5.61. The Morgan fingerprint density at radius 1 is 1.33 bits per heavy atom. The van der Waals surface area contributed by atoms with Crippen molar-refractivity contribution in [3.63, 3.8) is 0 Å². The summed E-state index contributed by atoms with van der Waals surface area (Å²) in [7, 11) is 1.61. The lowest BCUT2D eigenvalue weighted by atomic mass is 10.2. The van der Waals surface area contributed by atoms with Gasteiger partial charge >= 0.3 is 0 Å². The van der Waals surface area contributed by atoms with Crippen LogP contribution < -0.4 is 14.9 Å². The average molecular weight is 389 g/mol. The van der Waals surface area contributed by atoms with Gasteiger partial charge in [0.05, 0.1) is 35.4 Å². The lowest BCUT2D eigenvalue weighted by Crippen LogP contribution is -1.98. The summed E-state index contributed by atoms with van der Waals surface area (Å²) in [6.45, 7) is 2.49. The lowest BCUT2D eigenvalue weighted by Gasteiger charge is -2.11. The molecule has 124 valence electrons. The predicted molar refractivity (Wildman–Crippen MR) is 99.2 cm³/mol. The summed E-state index contributed by atoms with van der Waals surface area (Å²) < 4.78 is 11.8. The molecule has 0 fully saturated rings. The quantitative estimate of drug-likeness (QED) is 0.490. The van der Waals surface area contributed by atoms with E-state index in [-0.39, 0.29) is 0 Å². The fraction of sp³-hybridized carbons (Fsp3) is 0.176. The van der Waals surface area contributed by atoms with Crippen molar-refractivity contribution in [2.45, 2.75) is 6.92 Å². The van der Waals surface area contributed by atoms with Gasteiger partial charge in [0.25, 0.3) is 0 Å². The molecule has 24 heavy (non-hydrogen) atoms. The maximum Gasteiger partial charge on any atom is 0.222 e. The minimum Gasteiger partial charge on any atom is -0.493 e. The highest BCUT2D eigenvalue weighted by atomic mass is 79.9.